The molecule has 10 rings (SSSR count). The van der Waals surface area contributed by atoms with Crippen molar-refractivity contribution in [3.8, 4) is 34.5 Å². The monoisotopic (exact) mass is 966 g/mol. The molecular formula is C46H42N6O10S4. The molecule has 0 amide bonds. The number of methoxy groups -OCH3 is 2. The van der Waals surface area contributed by atoms with Gasteiger partial charge in [0.25, 0.3) is 0 Å². The molecule has 340 valence electrons. The quantitative estimate of drug-likeness (QED) is 0.120. The summed E-state index contributed by atoms with van der Waals surface area (Å²) >= 11 is 2.81. The number of fused-ring (bicyclic) bond motifs is 4. The molecule has 0 saturated heterocycles. The van der Waals surface area contributed by atoms with Crippen molar-refractivity contribution in [3.63, 3.8) is 0 Å². The van der Waals surface area contributed by atoms with Crippen LogP contribution in [0.3, 0.4) is 0 Å². The number of benzene rings is 2. The van der Waals surface area contributed by atoms with Gasteiger partial charge in [-0.25, -0.2) is 26.8 Å². The zero-order valence-corrected chi connectivity index (χ0v) is 38.7. The summed E-state index contributed by atoms with van der Waals surface area (Å²) in [5, 5.41) is 1.85. The largest absolute Gasteiger partial charge is 0.495 e. The lowest BCUT2D eigenvalue weighted by atomic mass is 10.1. The Morgan fingerprint density at radius 1 is 0.515 bits per heavy atom. The molecule has 0 unspecified atom stereocenters. The minimum Gasteiger partial charge on any atom is -0.495 e. The van der Waals surface area contributed by atoms with Gasteiger partial charge < -0.3 is 28.4 Å². The van der Waals surface area contributed by atoms with Crippen molar-refractivity contribution < 1.29 is 45.3 Å². The second-order valence-electron chi connectivity index (χ2n) is 14.7. The van der Waals surface area contributed by atoms with Crippen LogP contribution in [-0.2, 0) is 20.0 Å². The van der Waals surface area contributed by atoms with E-state index in [0.717, 1.165) is 43.0 Å². The first-order chi connectivity index (χ1) is 32.1. The molecule has 2 aliphatic heterocycles. The third kappa shape index (κ3) is 9.74. The van der Waals surface area contributed by atoms with Crippen molar-refractivity contribution in [2.45, 2.75) is 34.7 Å². The number of aromatic nitrogens is 4. The van der Waals surface area contributed by atoms with Crippen LogP contribution >= 0.6 is 22.7 Å². The van der Waals surface area contributed by atoms with Crippen LogP contribution in [0.2, 0.25) is 0 Å². The van der Waals surface area contributed by atoms with E-state index < -0.39 is 32.1 Å². The molecule has 0 fully saturated rings. The van der Waals surface area contributed by atoms with Gasteiger partial charge in [0.2, 0.25) is 20.0 Å². The van der Waals surface area contributed by atoms with Crippen molar-refractivity contribution in [1.29, 1.82) is 0 Å². The van der Waals surface area contributed by atoms with Crippen molar-refractivity contribution in [3.05, 3.63) is 143 Å². The van der Waals surface area contributed by atoms with Crippen molar-refractivity contribution in [1.82, 2.24) is 29.4 Å². The van der Waals surface area contributed by atoms with Crippen LogP contribution in [0.5, 0.6) is 34.5 Å². The lowest BCUT2D eigenvalue weighted by Gasteiger charge is -2.19. The second-order valence-corrected chi connectivity index (χ2v) is 20.3. The van der Waals surface area contributed by atoms with E-state index in [1.807, 2.05) is 36.4 Å². The Bertz CT molecular complexity index is 2960. The summed E-state index contributed by atoms with van der Waals surface area (Å²) < 4.78 is 93.2. The molecule has 16 nitrogen and oxygen atoms in total. The van der Waals surface area contributed by atoms with Crippen LogP contribution in [0.1, 0.15) is 46.1 Å². The number of sulfonamides is 2. The van der Waals surface area contributed by atoms with Gasteiger partial charge in [0.1, 0.15) is 44.6 Å². The van der Waals surface area contributed by atoms with E-state index in [1.54, 1.807) is 61.2 Å². The molecule has 2 N–H and O–H groups in total. The Morgan fingerprint density at radius 2 is 0.909 bits per heavy atom. The van der Waals surface area contributed by atoms with E-state index in [0.29, 0.717) is 72.3 Å². The summed E-state index contributed by atoms with van der Waals surface area (Å²) in [4.78, 5) is 20.9. The summed E-state index contributed by atoms with van der Waals surface area (Å²) in [6.07, 6.45) is 8.10. The van der Waals surface area contributed by atoms with Gasteiger partial charge in [-0.05, 0) is 72.8 Å². The Labute approximate surface area is 388 Å². The van der Waals surface area contributed by atoms with Crippen LogP contribution in [-0.4, -0.2) is 77.4 Å². The van der Waals surface area contributed by atoms with Gasteiger partial charge in [-0.2, -0.15) is 9.44 Å². The maximum atomic E-state index is 13.5. The predicted octanol–water partition coefficient (Wildman–Crippen LogP) is 7.86. The van der Waals surface area contributed by atoms with E-state index in [9.17, 15) is 16.8 Å². The molecule has 0 bridgehead atoms. The fraction of sp³-hybridized carbons (Fsp3) is 0.217. The lowest BCUT2D eigenvalue weighted by molar-refractivity contribution is 0.296. The van der Waals surface area contributed by atoms with Crippen LogP contribution < -0.4 is 37.9 Å². The summed E-state index contributed by atoms with van der Waals surface area (Å²) in [7, 11) is -4.86. The summed E-state index contributed by atoms with van der Waals surface area (Å²) in [5.41, 5.74) is 0.925. The first-order valence-corrected chi connectivity index (χ1v) is 25.2. The number of pyridine rings is 4. The van der Waals surface area contributed by atoms with Gasteiger partial charge in [0, 0.05) is 70.3 Å². The minimum atomic E-state index is -3.96. The first-order valence-electron chi connectivity index (χ1n) is 20.6. The van der Waals surface area contributed by atoms with Gasteiger partial charge in [0.15, 0.2) is 23.0 Å². The molecule has 8 aromatic rings. The van der Waals surface area contributed by atoms with Gasteiger partial charge in [-0.15, -0.1) is 22.7 Å². The molecule has 6 aromatic heterocycles. The number of hydrogen-bond acceptors (Lipinski definition) is 16. The zero-order valence-electron chi connectivity index (χ0n) is 35.4. The molecule has 66 heavy (non-hydrogen) atoms. The highest BCUT2D eigenvalue weighted by atomic mass is 32.2. The average molecular weight is 967 g/mol. The number of ether oxygens (including phenoxy) is 6. The SMILES string of the molecule is COc1cccnc1[C@@H](NS(=O)(=O)c1ccc2c(c1)OCCCO2)c1cc2cccnc2s1.COc1cccnc1[C@H](NS(=O)(=O)c1ccc2c(c1)OCCCO2)c1cc2cccnc2s1. The first kappa shape index (κ1) is 44.8. The zero-order chi connectivity index (χ0) is 45.7. The van der Waals surface area contributed by atoms with Crippen LogP contribution in [0.4, 0.5) is 0 Å². The number of hydrogen-bond donors (Lipinski definition) is 2. The number of rotatable bonds is 12. The highest BCUT2D eigenvalue weighted by Gasteiger charge is 2.31. The van der Waals surface area contributed by atoms with Crippen molar-refractivity contribution in [2.24, 2.45) is 0 Å². The highest BCUT2D eigenvalue weighted by Crippen LogP contribution is 2.39. The maximum Gasteiger partial charge on any atom is 0.241 e. The fourth-order valence-corrected chi connectivity index (χ4v) is 11.9. The fourth-order valence-electron chi connectivity index (χ4n) is 7.22. The van der Waals surface area contributed by atoms with Gasteiger partial charge in [-0.1, -0.05) is 12.1 Å². The van der Waals surface area contributed by atoms with Crippen LogP contribution in [0.25, 0.3) is 20.4 Å². The maximum absolute atomic E-state index is 13.5. The third-order valence-corrected chi connectivity index (χ3v) is 15.5. The van der Waals surface area contributed by atoms with E-state index in [-0.39, 0.29) is 9.79 Å². The highest BCUT2D eigenvalue weighted by molar-refractivity contribution is 7.89. The number of nitrogens with one attached hydrogen (secondary N) is 2. The average Bonchev–Trinajstić information content (AvgIpc) is 3.80. The Balaban J connectivity index is 0.000000166. The van der Waals surface area contributed by atoms with Crippen molar-refractivity contribution >= 4 is 63.2 Å². The van der Waals surface area contributed by atoms with Gasteiger partial charge >= 0.3 is 0 Å². The van der Waals surface area contributed by atoms with E-state index >= 15 is 0 Å². The molecule has 2 aromatic carbocycles. The molecular weight excluding hydrogens is 925 g/mol. The summed E-state index contributed by atoms with van der Waals surface area (Å²) in [6.45, 7) is 1.98. The molecule has 0 aliphatic carbocycles. The number of nitrogens with zero attached hydrogens (tertiary/aromatic N) is 4. The van der Waals surface area contributed by atoms with E-state index in [1.165, 1.54) is 61.2 Å². The smallest absolute Gasteiger partial charge is 0.241 e. The van der Waals surface area contributed by atoms with Crippen molar-refractivity contribution in [2.75, 3.05) is 40.6 Å². The Morgan fingerprint density at radius 3 is 1.32 bits per heavy atom. The Hall–Kier alpha value is -6.42. The second kappa shape index (κ2) is 19.6. The molecule has 20 heteroatoms. The molecule has 0 spiro atoms. The topological polar surface area (TPSA) is 199 Å². The van der Waals surface area contributed by atoms with Gasteiger partial charge in [0.05, 0.1) is 50.4 Å². The molecule has 8 heterocycles. The minimum absolute atomic E-state index is 0.0749. The van der Waals surface area contributed by atoms with Gasteiger partial charge in [-0.3, -0.25) is 9.97 Å². The molecule has 2 atom stereocenters. The molecule has 0 saturated carbocycles. The van der Waals surface area contributed by atoms with E-state index in [4.69, 9.17) is 28.4 Å². The normalized spacial score (nSPS) is 14.6. The predicted molar refractivity (Wildman–Crippen MR) is 249 cm³/mol. The van der Waals surface area contributed by atoms with Crippen LogP contribution in [0.15, 0.2) is 132 Å². The standard InChI is InChI=1S/2C23H21N3O5S2/c2*1-29-18-6-3-9-24-21(18)22(20-13-15-5-2-10-25-23(15)32-20)26-33(27,28)16-7-8-17-19(14-16)31-12-4-11-30-17/h2*2-3,5-10,13-14,22,26H,4,11-12H2,1H3/t2*22-/m10/s1. The summed E-state index contributed by atoms with van der Waals surface area (Å²) in [5.74, 6) is 2.85. The van der Waals surface area contributed by atoms with Crippen LogP contribution in [0, 0.1) is 0 Å². The third-order valence-electron chi connectivity index (χ3n) is 10.4. The van der Waals surface area contributed by atoms with E-state index in [2.05, 4.69) is 29.4 Å². The number of thiophene rings is 2. The summed E-state index contributed by atoms with van der Waals surface area (Å²) in [6, 6.07) is 26.1. The molecule has 0 radical (unpaired) electrons. The molecule has 2 aliphatic rings. The lowest BCUT2D eigenvalue weighted by Crippen LogP contribution is -2.30. The Kier molecular flexibility index (Phi) is 13.3.